The summed E-state index contributed by atoms with van der Waals surface area (Å²) in [6.07, 6.45) is -0.337. The van der Waals surface area contributed by atoms with Gasteiger partial charge in [0.25, 0.3) is 5.91 Å². The Bertz CT molecular complexity index is 1290. The van der Waals surface area contributed by atoms with Crippen LogP contribution in [0.25, 0.3) is 17.1 Å². The number of halogens is 3. The number of amides is 2. The first kappa shape index (κ1) is 23.8. The summed E-state index contributed by atoms with van der Waals surface area (Å²) in [6, 6.07) is 10.8. The monoisotopic (exact) mass is 499 g/mol. The van der Waals surface area contributed by atoms with Gasteiger partial charge in [-0.3, -0.25) is 9.59 Å². The highest BCUT2D eigenvalue weighted by molar-refractivity contribution is 5.97. The van der Waals surface area contributed by atoms with Crippen molar-refractivity contribution in [1.82, 2.24) is 25.2 Å². The van der Waals surface area contributed by atoms with Crippen LogP contribution in [-0.4, -0.2) is 69.6 Å². The Morgan fingerprint density at radius 3 is 2.42 bits per heavy atom. The van der Waals surface area contributed by atoms with Gasteiger partial charge in [0, 0.05) is 37.8 Å². The van der Waals surface area contributed by atoms with E-state index in [2.05, 4.69) is 20.1 Å². The highest BCUT2D eigenvalue weighted by Gasteiger charge is 2.37. The van der Waals surface area contributed by atoms with Gasteiger partial charge in [-0.25, -0.2) is 0 Å². The standard InChI is InChI=1S/C25H24F3N5O3/c26-25(27,28)36-20-3-1-2-16(12-20)4-7-23(34)32-10-8-18-14-33(15-19(18)9-11-32)24(35)17-5-6-21-22(13-17)30-31-29-21/h1-7,12-13,18-19H,8-11,14-15H2,(H,29,30,31)/b7-4+/t18-,19+. The molecule has 2 saturated heterocycles. The Kier molecular flexibility index (Phi) is 6.38. The SMILES string of the molecule is O=C(/C=C/c1cccc(OC(F)(F)F)c1)N1CC[C@@H]2CN(C(=O)c3ccc4n[nH]nc4c3)C[C@@H]2CC1. The van der Waals surface area contributed by atoms with Gasteiger partial charge >= 0.3 is 6.36 Å². The number of alkyl halides is 3. The summed E-state index contributed by atoms with van der Waals surface area (Å²) >= 11 is 0. The first-order valence-corrected chi connectivity index (χ1v) is 11.7. The molecule has 5 rings (SSSR count). The Labute approximate surface area is 204 Å². The minimum absolute atomic E-state index is 0.0272. The van der Waals surface area contributed by atoms with E-state index in [1.54, 1.807) is 29.2 Å². The molecular formula is C25H24F3N5O3. The van der Waals surface area contributed by atoms with Crippen LogP contribution in [0.15, 0.2) is 48.5 Å². The predicted octanol–water partition coefficient (Wildman–Crippen LogP) is 3.88. The number of benzene rings is 2. The topological polar surface area (TPSA) is 91.4 Å². The molecule has 0 saturated carbocycles. The zero-order chi connectivity index (χ0) is 25.3. The molecule has 11 heteroatoms. The average Bonchev–Trinajstić information content (AvgIpc) is 3.43. The van der Waals surface area contributed by atoms with Crippen LogP contribution in [0.3, 0.4) is 0 Å². The predicted molar refractivity (Wildman–Crippen MR) is 125 cm³/mol. The molecule has 188 valence electrons. The second kappa shape index (κ2) is 9.63. The van der Waals surface area contributed by atoms with E-state index in [0.29, 0.717) is 60.2 Å². The number of nitrogens with one attached hydrogen (secondary N) is 1. The molecule has 36 heavy (non-hydrogen) atoms. The van der Waals surface area contributed by atoms with Gasteiger partial charge in [0.05, 0.1) is 0 Å². The second-order valence-corrected chi connectivity index (χ2v) is 9.11. The fourth-order valence-corrected chi connectivity index (χ4v) is 4.98. The molecule has 2 aliphatic rings. The van der Waals surface area contributed by atoms with Crippen molar-refractivity contribution in [2.75, 3.05) is 26.2 Å². The fraction of sp³-hybridized carbons (Fsp3) is 0.360. The maximum absolute atomic E-state index is 13.1. The Morgan fingerprint density at radius 1 is 0.972 bits per heavy atom. The Balaban J connectivity index is 1.17. The Hall–Kier alpha value is -3.89. The van der Waals surface area contributed by atoms with Crippen LogP contribution in [0, 0.1) is 11.8 Å². The van der Waals surface area contributed by atoms with Crippen LogP contribution >= 0.6 is 0 Å². The minimum Gasteiger partial charge on any atom is -0.406 e. The van der Waals surface area contributed by atoms with Gasteiger partial charge in [0.1, 0.15) is 16.8 Å². The van der Waals surface area contributed by atoms with E-state index >= 15 is 0 Å². The van der Waals surface area contributed by atoms with E-state index < -0.39 is 6.36 Å². The van der Waals surface area contributed by atoms with E-state index in [1.807, 2.05) is 4.90 Å². The number of hydrogen-bond donors (Lipinski definition) is 1. The van der Waals surface area contributed by atoms with Crippen molar-refractivity contribution < 1.29 is 27.5 Å². The average molecular weight is 499 g/mol. The summed E-state index contributed by atoms with van der Waals surface area (Å²) in [6.45, 7) is 2.41. The highest BCUT2D eigenvalue weighted by atomic mass is 19.4. The molecule has 0 unspecified atom stereocenters. The van der Waals surface area contributed by atoms with Gasteiger partial charge in [0.15, 0.2) is 0 Å². The number of carbonyl (C=O) groups excluding carboxylic acids is 2. The molecule has 2 amide bonds. The molecule has 1 aromatic heterocycles. The largest absolute Gasteiger partial charge is 0.573 e. The molecular weight excluding hydrogens is 475 g/mol. The number of likely N-dealkylation sites (tertiary alicyclic amines) is 2. The molecule has 0 radical (unpaired) electrons. The van der Waals surface area contributed by atoms with E-state index in [1.165, 1.54) is 30.4 Å². The zero-order valence-corrected chi connectivity index (χ0v) is 19.2. The molecule has 2 aromatic carbocycles. The lowest BCUT2D eigenvalue weighted by atomic mass is 9.92. The first-order chi connectivity index (χ1) is 17.2. The van der Waals surface area contributed by atoms with Crippen molar-refractivity contribution in [3.63, 3.8) is 0 Å². The van der Waals surface area contributed by atoms with Crippen LogP contribution in [0.1, 0.15) is 28.8 Å². The van der Waals surface area contributed by atoms with Crippen LogP contribution in [0.5, 0.6) is 5.75 Å². The van der Waals surface area contributed by atoms with Gasteiger partial charge in [0.2, 0.25) is 5.91 Å². The van der Waals surface area contributed by atoms with Gasteiger partial charge in [-0.2, -0.15) is 15.4 Å². The summed E-state index contributed by atoms with van der Waals surface area (Å²) in [5.41, 5.74) is 2.38. The number of fused-ring (bicyclic) bond motifs is 2. The number of ether oxygens (including phenoxy) is 1. The lowest BCUT2D eigenvalue weighted by molar-refractivity contribution is -0.274. The van der Waals surface area contributed by atoms with Crippen molar-refractivity contribution in [2.45, 2.75) is 19.2 Å². The van der Waals surface area contributed by atoms with E-state index in [0.717, 1.165) is 12.8 Å². The molecule has 0 aliphatic carbocycles. The summed E-state index contributed by atoms with van der Waals surface area (Å²) in [5.74, 6) is 0.0664. The summed E-state index contributed by atoms with van der Waals surface area (Å²) in [7, 11) is 0. The van der Waals surface area contributed by atoms with Crippen molar-refractivity contribution in [3.05, 3.63) is 59.7 Å². The maximum Gasteiger partial charge on any atom is 0.573 e. The highest BCUT2D eigenvalue weighted by Crippen LogP contribution is 2.33. The number of hydrogen-bond acceptors (Lipinski definition) is 5. The minimum atomic E-state index is -4.77. The molecule has 2 fully saturated rings. The molecule has 2 aliphatic heterocycles. The van der Waals surface area contributed by atoms with Crippen molar-refractivity contribution in [3.8, 4) is 5.75 Å². The molecule has 3 aromatic rings. The van der Waals surface area contributed by atoms with Gasteiger partial charge in [-0.15, -0.1) is 13.2 Å². The summed E-state index contributed by atoms with van der Waals surface area (Å²) < 4.78 is 41.2. The molecule has 0 bridgehead atoms. The molecule has 8 nitrogen and oxygen atoms in total. The molecule has 3 heterocycles. The van der Waals surface area contributed by atoms with E-state index in [-0.39, 0.29) is 17.6 Å². The van der Waals surface area contributed by atoms with Crippen LogP contribution in [-0.2, 0) is 4.79 Å². The summed E-state index contributed by atoms with van der Waals surface area (Å²) in [4.78, 5) is 29.4. The first-order valence-electron chi connectivity index (χ1n) is 11.7. The number of aromatic amines is 1. The van der Waals surface area contributed by atoms with Gasteiger partial charge in [-0.05, 0) is 66.6 Å². The van der Waals surface area contributed by atoms with Gasteiger partial charge in [-0.1, -0.05) is 12.1 Å². The normalized spacial score (nSPS) is 20.5. The Morgan fingerprint density at radius 2 is 1.69 bits per heavy atom. The fourth-order valence-electron chi connectivity index (χ4n) is 4.98. The number of carbonyl (C=O) groups is 2. The zero-order valence-electron chi connectivity index (χ0n) is 19.2. The van der Waals surface area contributed by atoms with Crippen molar-refractivity contribution in [2.24, 2.45) is 11.8 Å². The third-order valence-electron chi connectivity index (χ3n) is 6.79. The lowest BCUT2D eigenvalue weighted by Gasteiger charge is -2.21. The quantitative estimate of drug-likeness (QED) is 0.551. The maximum atomic E-state index is 13.1. The van der Waals surface area contributed by atoms with Crippen molar-refractivity contribution >= 4 is 28.9 Å². The smallest absolute Gasteiger partial charge is 0.406 e. The van der Waals surface area contributed by atoms with Crippen molar-refractivity contribution in [1.29, 1.82) is 0 Å². The second-order valence-electron chi connectivity index (χ2n) is 9.11. The number of aromatic nitrogens is 3. The molecule has 2 atom stereocenters. The number of H-pyrrole nitrogens is 1. The summed E-state index contributed by atoms with van der Waals surface area (Å²) in [5, 5.41) is 10.6. The third-order valence-corrected chi connectivity index (χ3v) is 6.79. The molecule has 1 N–H and O–H groups in total. The number of rotatable bonds is 4. The van der Waals surface area contributed by atoms with Gasteiger partial charge < -0.3 is 14.5 Å². The van der Waals surface area contributed by atoms with E-state index in [4.69, 9.17) is 0 Å². The van der Waals surface area contributed by atoms with Crippen LogP contribution < -0.4 is 4.74 Å². The van der Waals surface area contributed by atoms with Crippen LogP contribution in [0.4, 0.5) is 13.2 Å². The third kappa shape index (κ3) is 5.34. The molecule has 0 spiro atoms. The van der Waals surface area contributed by atoms with E-state index in [9.17, 15) is 22.8 Å². The lowest BCUT2D eigenvalue weighted by Crippen LogP contribution is -2.33. The van der Waals surface area contributed by atoms with Crippen LogP contribution in [0.2, 0.25) is 0 Å². The number of nitrogens with zero attached hydrogens (tertiary/aromatic N) is 4.